The molecule has 0 aliphatic carbocycles. The molecular weight excluding hydrogens is 372 g/mol. The normalized spacial score (nSPS) is 23.9. The van der Waals surface area contributed by atoms with Gasteiger partial charge in [-0.1, -0.05) is 0 Å². The molecule has 1 aromatic rings. The van der Waals surface area contributed by atoms with Crippen LogP contribution in [0.15, 0.2) is 12.1 Å². The second-order valence-corrected chi connectivity index (χ2v) is 8.06. The van der Waals surface area contributed by atoms with Crippen LogP contribution in [0.2, 0.25) is 0 Å². The van der Waals surface area contributed by atoms with E-state index in [-0.39, 0.29) is 6.79 Å². The summed E-state index contributed by atoms with van der Waals surface area (Å²) in [5.74, 6) is 3.05. The number of carbonyl (C=O) groups excluding carboxylic acids is 1. The fraction of sp³-hybridized carbons (Fsp3) is 0.682. The molecule has 2 fully saturated rings. The number of likely N-dealkylation sites (tertiary alicyclic amines) is 2. The molecule has 0 bridgehead atoms. The van der Waals surface area contributed by atoms with Gasteiger partial charge in [0.1, 0.15) is 0 Å². The van der Waals surface area contributed by atoms with Crippen LogP contribution in [0.3, 0.4) is 0 Å². The Morgan fingerprint density at radius 3 is 2.97 bits per heavy atom. The molecule has 0 N–H and O–H groups in total. The predicted molar refractivity (Wildman–Crippen MR) is 108 cm³/mol. The summed E-state index contributed by atoms with van der Waals surface area (Å²) in [6.45, 7) is 7.41. The lowest BCUT2D eigenvalue weighted by Gasteiger charge is -2.47. The van der Waals surface area contributed by atoms with Crippen molar-refractivity contribution >= 4 is 5.91 Å². The summed E-state index contributed by atoms with van der Waals surface area (Å²) >= 11 is 0. The average molecular weight is 405 g/mol. The highest BCUT2D eigenvalue weighted by Crippen LogP contribution is 2.42. The summed E-state index contributed by atoms with van der Waals surface area (Å²) < 4.78 is 22.0. The van der Waals surface area contributed by atoms with Crippen LogP contribution in [0.25, 0.3) is 0 Å². The number of rotatable bonds is 8. The molecule has 0 spiro atoms. The van der Waals surface area contributed by atoms with E-state index in [0.29, 0.717) is 30.0 Å². The molecule has 7 nitrogen and oxygen atoms in total. The van der Waals surface area contributed by atoms with Crippen molar-refractivity contribution in [2.75, 3.05) is 46.8 Å². The first-order valence-corrected chi connectivity index (χ1v) is 10.8. The van der Waals surface area contributed by atoms with Gasteiger partial charge in [0.05, 0.1) is 7.11 Å². The first-order valence-electron chi connectivity index (χ1n) is 10.8. The summed E-state index contributed by atoms with van der Waals surface area (Å²) in [4.78, 5) is 17.1. The van der Waals surface area contributed by atoms with E-state index in [1.165, 1.54) is 5.56 Å². The van der Waals surface area contributed by atoms with Crippen molar-refractivity contribution in [2.24, 2.45) is 5.92 Å². The van der Waals surface area contributed by atoms with E-state index in [9.17, 15) is 4.79 Å². The first-order chi connectivity index (χ1) is 14.2. The van der Waals surface area contributed by atoms with Gasteiger partial charge in [-0.3, -0.25) is 9.69 Å². The molecule has 7 heteroatoms. The van der Waals surface area contributed by atoms with Gasteiger partial charge in [-0.15, -0.1) is 0 Å². The van der Waals surface area contributed by atoms with Crippen LogP contribution in [0, 0.1) is 5.92 Å². The maximum atomic E-state index is 12.5. The van der Waals surface area contributed by atoms with E-state index in [1.807, 2.05) is 13.0 Å². The molecule has 2 atom stereocenters. The molecule has 0 aromatic heterocycles. The zero-order valence-corrected chi connectivity index (χ0v) is 17.5. The van der Waals surface area contributed by atoms with Crippen LogP contribution in [0.1, 0.15) is 38.2 Å². The molecule has 1 amide bonds. The fourth-order valence-electron chi connectivity index (χ4n) is 4.88. The lowest BCUT2D eigenvalue weighted by Crippen LogP contribution is -2.56. The summed E-state index contributed by atoms with van der Waals surface area (Å²) in [5.41, 5.74) is 1.17. The minimum Gasteiger partial charge on any atom is -0.493 e. The molecule has 2 saturated heterocycles. The van der Waals surface area contributed by atoms with E-state index >= 15 is 0 Å². The summed E-state index contributed by atoms with van der Waals surface area (Å²) in [6.07, 6.45) is 3.62. The summed E-state index contributed by atoms with van der Waals surface area (Å²) in [6, 6.07) is 4.48. The predicted octanol–water partition coefficient (Wildman–Crippen LogP) is 2.66. The molecule has 3 heterocycles. The minimum atomic E-state index is 0.246. The number of ether oxygens (including phenoxy) is 4. The van der Waals surface area contributed by atoms with Crippen molar-refractivity contribution in [2.45, 2.75) is 45.2 Å². The lowest BCUT2D eigenvalue weighted by atomic mass is 9.83. The third-order valence-electron chi connectivity index (χ3n) is 6.24. The van der Waals surface area contributed by atoms with Gasteiger partial charge in [0.2, 0.25) is 18.4 Å². The Balaban J connectivity index is 1.37. The van der Waals surface area contributed by atoms with Gasteiger partial charge < -0.3 is 23.8 Å². The quantitative estimate of drug-likeness (QED) is 0.621. The molecule has 0 saturated carbocycles. The van der Waals surface area contributed by atoms with Crippen LogP contribution >= 0.6 is 0 Å². The third kappa shape index (κ3) is 4.46. The highest BCUT2D eigenvalue weighted by Gasteiger charge is 2.39. The van der Waals surface area contributed by atoms with Gasteiger partial charge in [-0.05, 0) is 49.8 Å². The number of hydrogen-bond donors (Lipinski definition) is 0. The Kier molecular flexibility index (Phi) is 6.45. The van der Waals surface area contributed by atoms with Gasteiger partial charge in [-0.2, -0.15) is 0 Å². The minimum absolute atomic E-state index is 0.246. The number of fused-ring (bicyclic) bond motifs is 2. The first kappa shape index (κ1) is 20.3. The number of nitrogens with zero attached hydrogens (tertiary/aromatic N) is 2. The summed E-state index contributed by atoms with van der Waals surface area (Å²) in [5, 5.41) is 0. The monoisotopic (exact) mass is 404 g/mol. The van der Waals surface area contributed by atoms with Crippen LogP contribution in [0.5, 0.6) is 17.2 Å². The topological polar surface area (TPSA) is 60.5 Å². The van der Waals surface area contributed by atoms with Gasteiger partial charge in [0.15, 0.2) is 11.5 Å². The zero-order chi connectivity index (χ0) is 20.2. The van der Waals surface area contributed by atoms with Gasteiger partial charge in [-0.25, -0.2) is 0 Å². The van der Waals surface area contributed by atoms with Gasteiger partial charge >= 0.3 is 0 Å². The van der Waals surface area contributed by atoms with Gasteiger partial charge in [0, 0.05) is 51.9 Å². The van der Waals surface area contributed by atoms with Crippen LogP contribution in [0.4, 0.5) is 0 Å². The maximum absolute atomic E-state index is 12.5. The van der Waals surface area contributed by atoms with E-state index in [2.05, 4.69) is 15.9 Å². The fourth-order valence-corrected chi connectivity index (χ4v) is 4.88. The van der Waals surface area contributed by atoms with Crippen molar-refractivity contribution in [3.63, 3.8) is 0 Å². The Morgan fingerprint density at radius 2 is 2.14 bits per heavy atom. The smallest absolute Gasteiger partial charge is 0.231 e. The third-order valence-corrected chi connectivity index (χ3v) is 6.24. The molecule has 3 aliphatic heterocycles. The second kappa shape index (κ2) is 9.22. The second-order valence-electron chi connectivity index (χ2n) is 8.06. The molecule has 1 aromatic carbocycles. The van der Waals surface area contributed by atoms with Crippen molar-refractivity contribution in [1.29, 1.82) is 0 Å². The lowest BCUT2D eigenvalue weighted by molar-refractivity contribution is -0.141. The SMILES string of the molecule is CCOCCCN1C(=O)CC[C@H]2CN(Cc3cc(OC)c4c(c3)OCO4)CC[C@H]21. The largest absolute Gasteiger partial charge is 0.493 e. The Bertz CT molecular complexity index is 725. The molecular formula is C22H32N2O5. The Hall–Kier alpha value is -1.99. The van der Waals surface area contributed by atoms with Crippen molar-refractivity contribution in [3.05, 3.63) is 17.7 Å². The van der Waals surface area contributed by atoms with Crippen molar-refractivity contribution in [1.82, 2.24) is 9.80 Å². The highest BCUT2D eigenvalue weighted by atomic mass is 16.7. The van der Waals surface area contributed by atoms with Crippen molar-refractivity contribution in [3.8, 4) is 17.2 Å². The molecule has 4 rings (SSSR count). The molecule has 3 aliphatic rings. The maximum Gasteiger partial charge on any atom is 0.231 e. The number of carbonyl (C=O) groups is 1. The molecule has 0 unspecified atom stereocenters. The van der Waals surface area contributed by atoms with Crippen LogP contribution in [-0.4, -0.2) is 68.5 Å². The number of methoxy groups -OCH3 is 1. The Morgan fingerprint density at radius 1 is 1.24 bits per heavy atom. The van der Waals surface area contributed by atoms with E-state index in [1.54, 1.807) is 7.11 Å². The average Bonchev–Trinajstić information content (AvgIpc) is 3.20. The zero-order valence-electron chi connectivity index (χ0n) is 17.5. The van der Waals surface area contributed by atoms with E-state index < -0.39 is 0 Å². The van der Waals surface area contributed by atoms with E-state index in [0.717, 1.165) is 70.2 Å². The molecule has 0 radical (unpaired) electrons. The molecule has 29 heavy (non-hydrogen) atoms. The number of piperidine rings is 2. The highest BCUT2D eigenvalue weighted by molar-refractivity contribution is 5.77. The number of amides is 1. The number of benzene rings is 1. The number of hydrogen-bond acceptors (Lipinski definition) is 6. The standard InChI is InChI=1S/C22H32N2O5/c1-3-27-10-4-8-24-18-7-9-23(14-17(18)5-6-21(24)25)13-16-11-19(26-2)22-20(12-16)28-15-29-22/h11-12,17-18H,3-10,13-15H2,1-2H3/t17-,18+/m0/s1. The molecule has 160 valence electrons. The Labute approximate surface area is 172 Å². The van der Waals surface area contributed by atoms with Gasteiger partial charge in [0.25, 0.3) is 0 Å². The van der Waals surface area contributed by atoms with Crippen LogP contribution < -0.4 is 14.2 Å². The van der Waals surface area contributed by atoms with Crippen LogP contribution in [-0.2, 0) is 16.1 Å². The van der Waals surface area contributed by atoms with Crippen molar-refractivity contribution < 1.29 is 23.7 Å². The van der Waals surface area contributed by atoms with E-state index in [4.69, 9.17) is 18.9 Å². The summed E-state index contributed by atoms with van der Waals surface area (Å²) in [7, 11) is 1.66.